The number of nitrogens with zero attached hydrogens (tertiary/aromatic N) is 2. The van der Waals surface area contributed by atoms with Gasteiger partial charge >= 0.3 is 0 Å². The highest BCUT2D eigenvalue weighted by atomic mass is 15.1. The van der Waals surface area contributed by atoms with Gasteiger partial charge in [-0.15, -0.1) is 0 Å². The molecule has 1 aromatic carbocycles. The van der Waals surface area contributed by atoms with Gasteiger partial charge < -0.3 is 0 Å². The van der Waals surface area contributed by atoms with Crippen LogP contribution in [-0.4, -0.2) is 11.4 Å². The largest absolute Gasteiger partial charge is 0.282 e. The summed E-state index contributed by atoms with van der Waals surface area (Å²) >= 11 is 0. The fourth-order valence-electron chi connectivity index (χ4n) is 1.81. The minimum absolute atomic E-state index is 0.535. The molecule has 0 N–H and O–H groups in total. The lowest BCUT2D eigenvalue weighted by Crippen LogP contribution is -2.15. The fraction of sp³-hybridized carbons (Fsp3) is 0.364. The Kier molecular flexibility index (Phi) is 2.03. The van der Waals surface area contributed by atoms with Gasteiger partial charge in [-0.2, -0.15) is 5.26 Å². The Balaban J connectivity index is 2.21. The van der Waals surface area contributed by atoms with Crippen LogP contribution in [0.3, 0.4) is 0 Å². The smallest absolute Gasteiger partial charge is 0.0871 e. The van der Waals surface area contributed by atoms with Crippen LogP contribution in [0.2, 0.25) is 0 Å². The molecule has 0 radical (unpaired) electrons. The molecular weight excluding hydrogens is 160 g/mol. The van der Waals surface area contributed by atoms with Gasteiger partial charge in [-0.25, -0.2) is 0 Å². The molecule has 2 nitrogen and oxygen atoms in total. The molecule has 1 aliphatic heterocycles. The molecule has 0 fully saturated rings. The van der Waals surface area contributed by atoms with Crippen molar-refractivity contribution in [3.05, 3.63) is 34.9 Å². The third-order valence-corrected chi connectivity index (χ3v) is 2.44. The van der Waals surface area contributed by atoms with Crippen LogP contribution in [0.25, 0.3) is 0 Å². The van der Waals surface area contributed by atoms with Crippen LogP contribution in [0.15, 0.2) is 18.2 Å². The molecule has 0 amide bonds. The molecule has 0 atom stereocenters. The number of aryl methyl sites for hydroxylation is 1. The lowest BCUT2D eigenvalue weighted by molar-refractivity contribution is 0.320. The highest BCUT2D eigenvalue weighted by Crippen LogP contribution is 2.22. The molecular formula is C11H12N2. The number of hydrogen-bond acceptors (Lipinski definition) is 2. The van der Waals surface area contributed by atoms with E-state index in [4.69, 9.17) is 5.26 Å². The van der Waals surface area contributed by atoms with Crippen molar-refractivity contribution in [2.75, 3.05) is 6.54 Å². The zero-order valence-electron chi connectivity index (χ0n) is 7.75. The Morgan fingerprint density at radius 3 is 2.92 bits per heavy atom. The van der Waals surface area contributed by atoms with E-state index in [-0.39, 0.29) is 0 Å². The van der Waals surface area contributed by atoms with E-state index >= 15 is 0 Å². The highest BCUT2D eigenvalue weighted by Gasteiger charge is 2.17. The number of nitriles is 1. The molecule has 2 heteroatoms. The zero-order chi connectivity index (χ0) is 9.26. The second-order valence-electron chi connectivity index (χ2n) is 3.58. The summed E-state index contributed by atoms with van der Waals surface area (Å²) < 4.78 is 0. The Morgan fingerprint density at radius 1 is 1.38 bits per heavy atom. The van der Waals surface area contributed by atoms with Crippen LogP contribution < -0.4 is 0 Å². The van der Waals surface area contributed by atoms with E-state index in [1.807, 2.05) is 0 Å². The second kappa shape index (κ2) is 3.20. The summed E-state index contributed by atoms with van der Waals surface area (Å²) in [5.41, 5.74) is 4.06. The first kappa shape index (κ1) is 8.28. The van der Waals surface area contributed by atoms with Crippen molar-refractivity contribution in [3.63, 3.8) is 0 Å². The average Bonchev–Trinajstić information content (AvgIpc) is 2.46. The van der Waals surface area contributed by atoms with Gasteiger partial charge in [-0.05, 0) is 18.1 Å². The molecule has 0 unspecified atom stereocenters. The van der Waals surface area contributed by atoms with Gasteiger partial charge in [0.1, 0.15) is 0 Å². The first-order valence-electron chi connectivity index (χ1n) is 4.47. The van der Waals surface area contributed by atoms with E-state index in [0.717, 1.165) is 13.1 Å². The number of hydrogen-bond donors (Lipinski definition) is 0. The van der Waals surface area contributed by atoms with Crippen molar-refractivity contribution >= 4 is 0 Å². The number of benzene rings is 1. The first-order chi connectivity index (χ1) is 6.29. The van der Waals surface area contributed by atoms with E-state index in [0.29, 0.717) is 6.54 Å². The summed E-state index contributed by atoms with van der Waals surface area (Å²) in [6, 6.07) is 8.70. The molecule has 0 aliphatic carbocycles. The fourth-order valence-corrected chi connectivity index (χ4v) is 1.81. The predicted molar refractivity (Wildman–Crippen MR) is 50.9 cm³/mol. The van der Waals surface area contributed by atoms with Gasteiger partial charge in [0, 0.05) is 13.1 Å². The number of fused-ring (bicyclic) bond motifs is 1. The van der Waals surface area contributed by atoms with E-state index in [1.165, 1.54) is 16.7 Å². The summed E-state index contributed by atoms with van der Waals surface area (Å²) in [5, 5.41) is 8.57. The molecule has 0 spiro atoms. The van der Waals surface area contributed by atoms with Crippen molar-refractivity contribution in [2.24, 2.45) is 0 Å². The van der Waals surface area contributed by atoms with Gasteiger partial charge in [0.05, 0.1) is 12.6 Å². The summed E-state index contributed by atoms with van der Waals surface area (Å²) in [5.74, 6) is 0. The summed E-state index contributed by atoms with van der Waals surface area (Å²) in [6.45, 7) is 4.51. The lowest BCUT2D eigenvalue weighted by Gasteiger charge is -2.07. The zero-order valence-corrected chi connectivity index (χ0v) is 7.75. The molecule has 1 aliphatic rings. The van der Waals surface area contributed by atoms with Crippen LogP contribution in [0.1, 0.15) is 16.7 Å². The Bertz CT molecular complexity index is 363. The third-order valence-electron chi connectivity index (χ3n) is 2.44. The van der Waals surface area contributed by atoms with Crippen LogP contribution in [-0.2, 0) is 13.1 Å². The topological polar surface area (TPSA) is 27.0 Å². The average molecular weight is 172 g/mol. The normalized spacial score (nSPS) is 15.4. The van der Waals surface area contributed by atoms with Crippen LogP contribution in [0.4, 0.5) is 0 Å². The highest BCUT2D eigenvalue weighted by molar-refractivity contribution is 5.34. The minimum atomic E-state index is 0.535. The molecule has 13 heavy (non-hydrogen) atoms. The SMILES string of the molecule is Cc1ccc2c(c1)CN(CC#N)C2. The van der Waals surface area contributed by atoms with E-state index < -0.39 is 0 Å². The quantitative estimate of drug-likeness (QED) is 0.604. The van der Waals surface area contributed by atoms with Crippen molar-refractivity contribution in [1.82, 2.24) is 4.90 Å². The minimum Gasteiger partial charge on any atom is -0.282 e. The second-order valence-corrected chi connectivity index (χ2v) is 3.58. The van der Waals surface area contributed by atoms with Crippen LogP contribution >= 0.6 is 0 Å². The maximum absolute atomic E-state index is 8.57. The van der Waals surface area contributed by atoms with Crippen molar-refractivity contribution < 1.29 is 0 Å². The van der Waals surface area contributed by atoms with Gasteiger partial charge in [0.2, 0.25) is 0 Å². The Morgan fingerprint density at radius 2 is 2.15 bits per heavy atom. The standard InChI is InChI=1S/C11H12N2/c1-9-2-3-10-7-13(5-4-12)8-11(10)6-9/h2-3,6H,5,7-8H2,1H3. The molecule has 0 saturated heterocycles. The third kappa shape index (κ3) is 1.56. The molecule has 2 rings (SSSR count). The van der Waals surface area contributed by atoms with Crippen molar-refractivity contribution in [1.29, 1.82) is 5.26 Å². The monoisotopic (exact) mass is 172 g/mol. The number of rotatable bonds is 1. The van der Waals surface area contributed by atoms with Crippen LogP contribution in [0.5, 0.6) is 0 Å². The molecule has 1 heterocycles. The molecule has 0 aromatic heterocycles. The summed E-state index contributed by atoms with van der Waals surface area (Å²) in [6.07, 6.45) is 0. The summed E-state index contributed by atoms with van der Waals surface area (Å²) in [4.78, 5) is 2.16. The molecule has 1 aromatic rings. The van der Waals surface area contributed by atoms with Gasteiger partial charge in [-0.3, -0.25) is 4.90 Å². The van der Waals surface area contributed by atoms with Crippen molar-refractivity contribution in [2.45, 2.75) is 20.0 Å². The van der Waals surface area contributed by atoms with E-state index in [9.17, 15) is 0 Å². The van der Waals surface area contributed by atoms with E-state index in [1.54, 1.807) is 0 Å². The maximum atomic E-state index is 8.57. The molecule has 66 valence electrons. The van der Waals surface area contributed by atoms with Crippen LogP contribution in [0, 0.1) is 18.3 Å². The predicted octanol–water partition coefficient (Wildman–Crippen LogP) is 1.83. The van der Waals surface area contributed by atoms with Gasteiger partial charge in [0.25, 0.3) is 0 Å². The Hall–Kier alpha value is -1.33. The van der Waals surface area contributed by atoms with Crippen molar-refractivity contribution in [3.8, 4) is 6.07 Å². The van der Waals surface area contributed by atoms with E-state index in [2.05, 4.69) is 36.1 Å². The van der Waals surface area contributed by atoms with Gasteiger partial charge in [0.15, 0.2) is 0 Å². The Labute approximate surface area is 78.4 Å². The maximum Gasteiger partial charge on any atom is 0.0871 e. The van der Waals surface area contributed by atoms with Gasteiger partial charge in [-0.1, -0.05) is 23.8 Å². The molecule has 0 saturated carbocycles. The molecule has 0 bridgehead atoms. The lowest BCUT2D eigenvalue weighted by atomic mass is 10.1. The summed E-state index contributed by atoms with van der Waals surface area (Å²) in [7, 11) is 0. The first-order valence-corrected chi connectivity index (χ1v) is 4.47.